The number of rotatable bonds is 2. The van der Waals surface area contributed by atoms with Gasteiger partial charge in [0.1, 0.15) is 22.3 Å². The summed E-state index contributed by atoms with van der Waals surface area (Å²) in [6.07, 6.45) is 1.62. The van der Waals surface area contributed by atoms with Crippen LogP contribution in [0.4, 0.5) is 0 Å². The summed E-state index contributed by atoms with van der Waals surface area (Å²) < 4.78 is 12.9. The van der Waals surface area contributed by atoms with Crippen molar-refractivity contribution in [1.82, 2.24) is 0 Å². The van der Waals surface area contributed by atoms with E-state index in [-0.39, 0.29) is 23.0 Å². The van der Waals surface area contributed by atoms with E-state index in [1.165, 1.54) is 6.92 Å². The Bertz CT molecular complexity index is 1770. The van der Waals surface area contributed by atoms with Crippen LogP contribution in [0, 0.1) is 0 Å². The van der Waals surface area contributed by atoms with Crippen LogP contribution in [-0.4, -0.2) is 27.9 Å². The number of hydrogen-bond donors (Lipinski definition) is 1. The first-order valence-electron chi connectivity index (χ1n) is 12.1. The average Bonchev–Trinajstić information content (AvgIpc) is 3.32. The number of fused-ring (bicyclic) bond motifs is 8. The SMILES string of the molecule is CC(=O)C[C@@]1(O)C(=O)C(Cl)=C2Oc3ccc4ccccc4c3C=C2[C@@]12Cc1c(ccc3ccccc13)O2. The van der Waals surface area contributed by atoms with Crippen molar-refractivity contribution in [3.8, 4) is 11.5 Å². The molecule has 5 nitrogen and oxygen atoms in total. The van der Waals surface area contributed by atoms with E-state index in [1.54, 1.807) is 0 Å². The number of aliphatic hydroxyl groups is 1. The van der Waals surface area contributed by atoms with Crippen LogP contribution in [0.1, 0.15) is 24.5 Å². The first kappa shape index (κ1) is 22.3. The highest BCUT2D eigenvalue weighted by Crippen LogP contribution is 2.57. The van der Waals surface area contributed by atoms with E-state index >= 15 is 0 Å². The van der Waals surface area contributed by atoms with Crippen molar-refractivity contribution in [2.75, 3.05) is 0 Å². The van der Waals surface area contributed by atoms with Gasteiger partial charge in [-0.1, -0.05) is 72.3 Å². The Kier molecular flexibility index (Phi) is 4.54. The molecule has 2 aliphatic heterocycles. The fourth-order valence-electron chi connectivity index (χ4n) is 6.07. The molecule has 37 heavy (non-hydrogen) atoms. The minimum Gasteiger partial charge on any atom is -0.478 e. The summed E-state index contributed by atoms with van der Waals surface area (Å²) in [5.41, 5.74) is -1.73. The highest BCUT2D eigenvalue weighted by Gasteiger charge is 2.67. The van der Waals surface area contributed by atoms with Crippen molar-refractivity contribution in [2.24, 2.45) is 0 Å². The molecule has 2 heterocycles. The number of Topliss-reactive ketones (excluding diaryl/α,β-unsaturated/α-hetero) is 2. The van der Waals surface area contributed by atoms with Gasteiger partial charge in [0.05, 0.1) is 0 Å². The molecule has 6 heteroatoms. The molecule has 3 aliphatic rings. The molecule has 0 saturated heterocycles. The Hall–Kier alpha value is -3.93. The summed E-state index contributed by atoms with van der Waals surface area (Å²) in [6.45, 7) is 1.35. The minimum absolute atomic E-state index is 0.153. The fourth-order valence-corrected chi connectivity index (χ4v) is 6.37. The lowest BCUT2D eigenvalue weighted by Gasteiger charge is -2.48. The summed E-state index contributed by atoms with van der Waals surface area (Å²) in [5, 5.41) is 15.9. The molecule has 1 aliphatic carbocycles. The molecule has 4 aromatic carbocycles. The largest absolute Gasteiger partial charge is 0.478 e. The number of carbonyl (C=O) groups excluding carboxylic acids is 2. The molecular weight excluding hydrogens is 488 g/mol. The molecule has 0 unspecified atom stereocenters. The van der Waals surface area contributed by atoms with Crippen LogP contribution in [0.5, 0.6) is 11.5 Å². The monoisotopic (exact) mass is 508 g/mol. The van der Waals surface area contributed by atoms with Gasteiger partial charge in [0.2, 0.25) is 5.78 Å². The summed E-state index contributed by atoms with van der Waals surface area (Å²) in [5.74, 6) is 0.125. The van der Waals surface area contributed by atoms with Crippen LogP contribution < -0.4 is 9.47 Å². The lowest BCUT2D eigenvalue weighted by atomic mass is 9.65. The third-order valence-corrected chi connectivity index (χ3v) is 8.11. The number of ether oxygens (including phenoxy) is 2. The van der Waals surface area contributed by atoms with Gasteiger partial charge >= 0.3 is 0 Å². The predicted molar refractivity (Wildman–Crippen MR) is 142 cm³/mol. The fraction of sp³-hybridized carbons (Fsp3) is 0.161. The normalized spacial score (nSPS) is 23.9. The zero-order valence-corrected chi connectivity index (χ0v) is 20.6. The van der Waals surface area contributed by atoms with Crippen LogP contribution in [0.2, 0.25) is 0 Å². The summed E-state index contributed by atoms with van der Waals surface area (Å²) in [4.78, 5) is 26.2. The third kappa shape index (κ3) is 2.90. The van der Waals surface area contributed by atoms with Crippen LogP contribution in [0.25, 0.3) is 27.6 Å². The average molecular weight is 509 g/mol. The van der Waals surface area contributed by atoms with E-state index in [0.29, 0.717) is 17.1 Å². The molecule has 1 N–H and O–H groups in total. The number of halogens is 1. The second-order valence-corrected chi connectivity index (χ2v) is 10.3. The number of ketones is 2. The Morgan fingerprint density at radius 2 is 1.59 bits per heavy atom. The molecule has 0 radical (unpaired) electrons. The Morgan fingerprint density at radius 1 is 0.946 bits per heavy atom. The van der Waals surface area contributed by atoms with Crippen molar-refractivity contribution in [1.29, 1.82) is 0 Å². The maximum Gasteiger partial charge on any atom is 0.214 e. The van der Waals surface area contributed by atoms with Gasteiger partial charge in [0.15, 0.2) is 17.0 Å². The van der Waals surface area contributed by atoms with Gasteiger partial charge < -0.3 is 14.6 Å². The lowest BCUT2D eigenvalue weighted by Crippen LogP contribution is -2.66. The Balaban J connectivity index is 1.54. The van der Waals surface area contributed by atoms with Gasteiger partial charge in [-0.25, -0.2) is 0 Å². The second-order valence-electron chi connectivity index (χ2n) is 9.94. The Labute approximate surface area is 217 Å². The van der Waals surface area contributed by atoms with Gasteiger partial charge in [0.25, 0.3) is 0 Å². The van der Waals surface area contributed by atoms with Gasteiger partial charge in [-0.3, -0.25) is 9.59 Å². The van der Waals surface area contributed by atoms with Crippen molar-refractivity contribution >= 4 is 50.8 Å². The van der Waals surface area contributed by atoms with E-state index in [1.807, 2.05) is 78.9 Å². The first-order valence-corrected chi connectivity index (χ1v) is 12.5. The Morgan fingerprint density at radius 3 is 2.32 bits per heavy atom. The van der Waals surface area contributed by atoms with Crippen molar-refractivity contribution in [3.05, 3.63) is 100 Å². The molecule has 4 aromatic rings. The lowest BCUT2D eigenvalue weighted by molar-refractivity contribution is -0.160. The topological polar surface area (TPSA) is 72.8 Å². The molecule has 182 valence electrons. The van der Waals surface area contributed by atoms with Crippen molar-refractivity contribution in [2.45, 2.75) is 31.0 Å². The van der Waals surface area contributed by atoms with Gasteiger partial charge in [-0.15, -0.1) is 0 Å². The maximum atomic E-state index is 13.8. The maximum absolute atomic E-state index is 13.8. The zero-order valence-electron chi connectivity index (χ0n) is 19.9. The van der Waals surface area contributed by atoms with Gasteiger partial charge in [0, 0.05) is 29.5 Å². The smallest absolute Gasteiger partial charge is 0.214 e. The summed E-state index contributed by atoms with van der Waals surface area (Å²) in [7, 11) is 0. The van der Waals surface area contributed by atoms with E-state index in [2.05, 4.69) is 0 Å². The molecule has 7 rings (SSSR count). The van der Waals surface area contributed by atoms with Gasteiger partial charge in [-0.05, 0) is 46.7 Å². The van der Waals surface area contributed by atoms with E-state index in [4.69, 9.17) is 21.1 Å². The summed E-state index contributed by atoms with van der Waals surface area (Å²) >= 11 is 6.60. The quantitative estimate of drug-likeness (QED) is 0.366. The van der Waals surface area contributed by atoms with E-state index in [0.717, 1.165) is 32.7 Å². The molecule has 2 atom stereocenters. The first-order chi connectivity index (χ1) is 17.8. The van der Waals surface area contributed by atoms with Crippen molar-refractivity contribution < 1.29 is 24.2 Å². The number of benzene rings is 4. The number of carbonyl (C=O) groups is 2. The predicted octanol–water partition coefficient (Wildman–Crippen LogP) is 5.89. The molecule has 1 spiro atoms. The minimum atomic E-state index is -2.23. The van der Waals surface area contributed by atoms with E-state index < -0.39 is 23.4 Å². The highest BCUT2D eigenvalue weighted by molar-refractivity contribution is 6.45. The van der Waals surface area contributed by atoms with E-state index in [9.17, 15) is 14.7 Å². The molecule has 0 saturated carbocycles. The van der Waals surface area contributed by atoms with Crippen LogP contribution in [0.15, 0.2) is 89.2 Å². The summed E-state index contributed by atoms with van der Waals surface area (Å²) in [6, 6.07) is 23.4. The van der Waals surface area contributed by atoms with Gasteiger partial charge in [-0.2, -0.15) is 0 Å². The molecule has 0 amide bonds. The van der Waals surface area contributed by atoms with Crippen LogP contribution in [-0.2, 0) is 16.0 Å². The molecule has 0 fully saturated rings. The molecule has 0 aromatic heterocycles. The van der Waals surface area contributed by atoms with Crippen molar-refractivity contribution in [3.63, 3.8) is 0 Å². The number of hydrogen-bond acceptors (Lipinski definition) is 5. The molecular formula is C31H21ClO5. The highest BCUT2D eigenvalue weighted by atomic mass is 35.5. The third-order valence-electron chi connectivity index (χ3n) is 7.77. The molecule has 0 bridgehead atoms. The zero-order chi connectivity index (χ0) is 25.5. The standard InChI is InChI=1S/C31H21ClO5/c1-17(33)15-30(35)29(34)27(32)28-24(14-22-20-8-4-2-6-18(20)10-12-25(22)36-28)31(30)16-23-21-9-5-3-7-19(21)11-13-26(23)37-31/h2-14,35H,15-16H2,1H3/t30-,31+/m1/s1. The van der Waals surface area contributed by atoms with Crippen LogP contribution >= 0.6 is 11.6 Å². The van der Waals surface area contributed by atoms with Crippen LogP contribution in [0.3, 0.4) is 0 Å². The second kappa shape index (κ2) is 7.54.